The molecule has 0 unspecified atom stereocenters. The van der Waals surface area contributed by atoms with E-state index in [1.807, 2.05) is 6.07 Å². The molecule has 122 valence electrons. The predicted octanol–water partition coefficient (Wildman–Crippen LogP) is 4.95. The van der Waals surface area contributed by atoms with Gasteiger partial charge in [-0.15, -0.1) is 0 Å². The van der Waals surface area contributed by atoms with Gasteiger partial charge in [-0.05, 0) is 37.3 Å². The van der Waals surface area contributed by atoms with Crippen LogP contribution in [0.3, 0.4) is 0 Å². The summed E-state index contributed by atoms with van der Waals surface area (Å²) in [6.07, 6.45) is 1.38. The second-order valence-electron chi connectivity index (χ2n) is 5.06. The van der Waals surface area contributed by atoms with E-state index < -0.39 is 11.8 Å². The van der Waals surface area contributed by atoms with E-state index in [9.17, 15) is 9.18 Å². The summed E-state index contributed by atoms with van der Waals surface area (Å²) < 4.78 is 18.5. The van der Waals surface area contributed by atoms with Crippen LogP contribution in [0.2, 0.25) is 5.02 Å². The molecule has 0 aliphatic rings. The van der Waals surface area contributed by atoms with Gasteiger partial charge in [-0.2, -0.15) is 0 Å². The molecule has 0 bridgehead atoms. The number of halogens is 2. The number of nitrogens with one attached hydrogen (secondary N) is 1. The Morgan fingerprint density at radius 3 is 2.88 bits per heavy atom. The normalized spacial score (nSPS) is 10.6. The Bertz CT molecular complexity index is 915. The number of pyridine rings is 1. The molecule has 0 spiro atoms. The van der Waals surface area contributed by atoms with Crippen LogP contribution in [-0.4, -0.2) is 17.6 Å². The van der Waals surface area contributed by atoms with Gasteiger partial charge in [0.2, 0.25) is 0 Å². The molecule has 6 heteroatoms. The van der Waals surface area contributed by atoms with Crippen LogP contribution in [0.4, 0.5) is 15.8 Å². The van der Waals surface area contributed by atoms with Crippen molar-refractivity contribution in [2.75, 3.05) is 11.9 Å². The van der Waals surface area contributed by atoms with Crippen LogP contribution in [-0.2, 0) is 4.74 Å². The van der Waals surface area contributed by atoms with Gasteiger partial charge in [-0.25, -0.2) is 9.18 Å². The van der Waals surface area contributed by atoms with Crippen molar-refractivity contribution in [1.29, 1.82) is 0 Å². The van der Waals surface area contributed by atoms with Crippen molar-refractivity contribution in [1.82, 2.24) is 4.98 Å². The first-order chi connectivity index (χ1) is 11.6. The molecule has 0 saturated heterocycles. The number of carbonyl (C=O) groups is 1. The number of rotatable bonds is 4. The second-order valence-corrected chi connectivity index (χ2v) is 5.50. The molecule has 24 heavy (non-hydrogen) atoms. The van der Waals surface area contributed by atoms with E-state index in [4.69, 9.17) is 16.3 Å². The van der Waals surface area contributed by atoms with Crippen LogP contribution in [0.25, 0.3) is 10.9 Å². The quantitative estimate of drug-likeness (QED) is 0.680. The number of hydrogen-bond acceptors (Lipinski definition) is 4. The molecule has 1 N–H and O–H groups in total. The summed E-state index contributed by atoms with van der Waals surface area (Å²) in [5, 5.41) is 4.34. The molecule has 0 aliphatic heterocycles. The van der Waals surface area contributed by atoms with Crippen LogP contribution < -0.4 is 5.32 Å². The minimum Gasteiger partial charge on any atom is -0.462 e. The Hall–Kier alpha value is -2.66. The summed E-state index contributed by atoms with van der Waals surface area (Å²) in [6, 6.07) is 11.3. The van der Waals surface area contributed by atoms with E-state index in [-0.39, 0.29) is 12.2 Å². The Labute approximate surface area is 143 Å². The number of esters is 1. The lowest BCUT2D eigenvalue weighted by Gasteiger charge is -2.14. The van der Waals surface area contributed by atoms with Gasteiger partial charge in [0.05, 0.1) is 17.8 Å². The van der Waals surface area contributed by atoms with Crippen LogP contribution in [0.5, 0.6) is 0 Å². The van der Waals surface area contributed by atoms with E-state index in [2.05, 4.69) is 10.3 Å². The third kappa shape index (κ3) is 3.31. The van der Waals surface area contributed by atoms with Gasteiger partial charge >= 0.3 is 5.97 Å². The lowest BCUT2D eigenvalue weighted by Crippen LogP contribution is -2.09. The fourth-order valence-corrected chi connectivity index (χ4v) is 2.57. The molecule has 0 radical (unpaired) electrons. The largest absolute Gasteiger partial charge is 0.462 e. The van der Waals surface area contributed by atoms with Gasteiger partial charge in [-0.3, -0.25) is 4.98 Å². The first-order valence-electron chi connectivity index (χ1n) is 7.36. The summed E-state index contributed by atoms with van der Waals surface area (Å²) in [4.78, 5) is 16.4. The number of hydrogen-bond donors (Lipinski definition) is 1. The summed E-state index contributed by atoms with van der Waals surface area (Å²) in [5.74, 6) is -0.895. The first kappa shape index (κ1) is 16.2. The molecule has 3 rings (SSSR count). The van der Waals surface area contributed by atoms with Crippen molar-refractivity contribution < 1.29 is 13.9 Å². The fraction of sp³-hybridized carbons (Fsp3) is 0.111. The minimum absolute atomic E-state index is 0.247. The third-order valence-corrected chi connectivity index (χ3v) is 3.66. The van der Waals surface area contributed by atoms with Gasteiger partial charge in [-0.1, -0.05) is 17.7 Å². The topological polar surface area (TPSA) is 51.2 Å². The average molecular weight is 345 g/mol. The number of ether oxygens (including phenoxy) is 1. The summed E-state index contributed by atoms with van der Waals surface area (Å²) in [6.45, 7) is 1.97. The van der Waals surface area contributed by atoms with E-state index in [0.29, 0.717) is 27.3 Å². The number of benzene rings is 2. The highest BCUT2D eigenvalue weighted by atomic mass is 35.5. The Morgan fingerprint density at radius 2 is 2.12 bits per heavy atom. The molecule has 4 nitrogen and oxygen atoms in total. The van der Waals surface area contributed by atoms with Crippen LogP contribution in [0.1, 0.15) is 17.3 Å². The molecule has 0 atom stereocenters. The van der Waals surface area contributed by atoms with E-state index in [0.717, 1.165) is 0 Å². The lowest BCUT2D eigenvalue weighted by atomic mass is 10.1. The summed E-state index contributed by atoms with van der Waals surface area (Å²) >= 11 is 6.01. The average Bonchev–Trinajstić information content (AvgIpc) is 2.55. The molecule has 0 aliphatic carbocycles. The number of aromatic nitrogens is 1. The van der Waals surface area contributed by atoms with Gasteiger partial charge in [0.25, 0.3) is 0 Å². The van der Waals surface area contributed by atoms with Gasteiger partial charge in [0, 0.05) is 28.4 Å². The van der Waals surface area contributed by atoms with Crippen molar-refractivity contribution in [3.63, 3.8) is 0 Å². The van der Waals surface area contributed by atoms with Crippen molar-refractivity contribution in [3.8, 4) is 0 Å². The molecule has 1 aromatic heterocycles. The smallest absolute Gasteiger partial charge is 0.341 e. The fourth-order valence-electron chi connectivity index (χ4n) is 2.38. The lowest BCUT2D eigenvalue weighted by molar-refractivity contribution is 0.0527. The molecule has 3 aromatic rings. The highest BCUT2D eigenvalue weighted by Gasteiger charge is 2.17. The highest BCUT2D eigenvalue weighted by molar-refractivity contribution is 6.30. The maximum Gasteiger partial charge on any atom is 0.341 e. The predicted molar refractivity (Wildman–Crippen MR) is 92.4 cm³/mol. The molecule has 0 amide bonds. The molecular weight excluding hydrogens is 331 g/mol. The summed E-state index contributed by atoms with van der Waals surface area (Å²) in [5.41, 5.74) is 1.91. The Balaban J connectivity index is 2.16. The summed E-state index contributed by atoms with van der Waals surface area (Å²) in [7, 11) is 0. The van der Waals surface area contributed by atoms with Crippen molar-refractivity contribution >= 4 is 39.8 Å². The monoisotopic (exact) mass is 344 g/mol. The van der Waals surface area contributed by atoms with E-state index in [1.165, 1.54) is 18.3 Å². The Kier molecular flexibility index (Phi) is 4.62. The molecule has 0 fully saturated rings. The number of carbonyl (C=O) groups excluding carboxylic acids is 1. The van der Waals surface area contributed by atoms with Crippen molar-refractivity contribution in [2.45, 2.75) is 6.92 Å². The number of anilines is 2. The van der Waals surface area contributed by atoms with Gasteiger partial charge in [0.1, 0.15) is 11.4 Å². The molecule has 0 saturated carbocycles. The zero-order valence-corrected chi connectivity index (χ0v) is 13.6. The first-order valence-corrected chi connectivity index (χ1v) is 7.74. The Morgan fingerprint density at radius 1 is 1.29 bits per heavy atom. The maximum absolute atomic E-state index is 13.5. The van der Waals surface area contributed by atoms with Crippen LogP contribution in [0.15, 0.2) is 48.7 Å². The van der Waals surface area contributed by atoms with Crippen molar-refractivity contribution in [2.24, 2.45) is 0 Å². The zero-order valence-electron chi connectivity index (χ0n) is 12.8. The van der Waals surface area contributed by atoms with E-state index in [1.54, 1.807) is 31.2 Å². The third-order valence-electron chi connectivity index (χ3n) is 3.42. The van der Waals surface area contributed by atoms with Gasteiger partial charge < -0.3 is 10.1 Å². The molecule has 2 aromatic carbocycles. The minimum atomic E-state index is -0.499. The van der Waals surface area contributed by atoms with Crippen molar-refractivity contribution in [3.05, 3.63) is 65.1 Å². The maximum atomic E-state index is 13.5. The van der Waals surface area contributed by atoms with Crippen LogP contribution >= 0.6 is 11.6 Å². The van der Waals surface area contributed by atoms with E-state index >= 15 is 0 Å². The standard InChI is InChI=1S/C18H14ClFN2O2/c1-2-24-18(23)15-10-21-16-9-12(20)6-7-14(16)17(15)22-13-5-3-4-11(19)8-13/h3-10H,2H2,1H3,(H,21,22). The zero-order chi connectivity index (χ0) is 17.1. The van der Waals surface area contributed by atoms with Gasteiger partial charge in [0.15, 0.2) is 0 Å². The number of nitrogens with zero attached hydrogens (tertiary/aromatic N) is 1. The molecular formula is C18H14ClFN2O2. The highest BCUT2D eigenvalue weighted by Crippen LogP contribution is 2.30. The SMILES string of the molecule is CCOC(=O)c1cnc2cc(F)ccc2c1Nc1cccc(Cl)c1. The van der Waals surface area contributed by atoms with Crippen LogP contribution in [0, 0.1) is 5.82 Å². The molecule has 1 heterocycles. The number of fused-ring (bicyclic) bond motifs is 1. The second kappa shape index (κ2) is 6.84.